The lowest BCUT2D eigenvalue weighted by Crippen LogP contribution is -2.39. The number of carbonyl (C=O) groups excluding carboxylic acids is 1. The van der Waals surface area contributed by atoms with Gasteiger partial charge in [0, 0.05) is 12.1 Å². The maximum atomic E-state index is 13.7. The Morgan fingerprint density at radius 3 is 2.81 bits per heavy atom. The average molecular weight is 358 g/mol. The molecule has 0 aromatic heterocycles. The quantitative estimate of drug-likeness (QED) is 0.827. The summed E-state index contributed by atoms with van der Waals surface area (Å²) < 4.78 is 24.9. The van der Waals surface area contributed by atoms with E-state index in [0.717, 1.165) is 24.9 Å². The molecule has 2 aromatic carbocycles. The van der Waals surface area contributed by atoms with Gasteiger partial charge < -0.3 is 15.2 Å². The first kappa shape index (κ1) is 18.2. The van der Waals surface area contributed by atoms with Crippen LogP contribution in [0.2, 0.25) is 0 Å². The summed E-state index contributed by atoms with van der Waals surface area (Å²) in [6.45, 7) is 1.59. The second-order valence-corrected chi connectivity index (χ2v) is 6.40. The molecule has 0 aliphatic carbocycles. The van der Waals surface area contributed by atoms with Crippen molar-refractivity contribution < 1.29 is 18.7 Å². The monoisotopic (exact) mass is 358 g/mol. The van der Waals surface area contributed by atoms with E-state index < -0.39 is 0 Å². The highest BCUT2D eigenvalue weighted by Crippen LogP contribution is 2.30. The summed E-state index contributed by atoms with van der Waals surface area (Å²) in [4.78, 5) is 13.6. The lowest BCUT2D eigenvalue weighted by Gasteiger charge is -2.22. The second kappa shape index (κ2) is 8.19. The number of methoxy groups -OCH3 is 1. The first-order valence-corrected chi connectivity index (χ1v) is 8.65. The van der Waals surface area contributed by atoms with Gasteiger partial charge in [0.2, 0.25) is 5.91 Å². The van der Waals surface area contributed by atoms with Gasteiger partial charge in [-0.15, -0.1) is 0 Å². The molecule has 1 heterocycles. The minimum atomic E-state index is -0.297. The summed E-state index contributed by atoms with van der Waals surface area (Å²) in [5.41, 5.74) is 6.97. The Kier molecular flexibility index (Phi) is 5.73. The van der Waals surface area contributed by atoms with Gasteiger partial charge in [-0.1, -0.05) is 24.3 Å². The Hall–Kier alpha value is -2.60. The van der Waals surface area contributed by atoms with Crippen LogP contribution in [0.3, 0.4) is 0 Å². The molecule has 1 aliphatic rings. The third-order valence-corrected chi connectivity index (χ3v) is 4.65. The molecule has 1 atom stereocenters. The Bertz CT molecular complexity index is 781. The molecule has 1 unspecified atom stereocenters. The van der Waals surface area contributed by atoms with Gasteiger partial charge in [0.05, 0.1) is 13.2 Å². The molecule has 2 aromatic rings. The molecule has 26 heavy (non-hydrogen) atoms. The van der Waals surface area contributed by atoms with Crippen LogP contribution in [0.15, 0.2) is 42.5 Å². The van der Waals surface area contributed by atoms with Gasteiger partial charge in [0.1, 0.15) is 12.4 Å². The largest absolute Gasteiger partial charge is 0.493 e. The van der Waals surface area contributed by atoms with Crippen LogP contribution < -0.4 is 15.2 Å². The van der Waals surface area contributed by atoms with Crippen molar-refractivity contribution in [3.63, 3.8) is 0 Å². The van der Waals surface area contributed by atoms with Crippen LogP contribution in [0.25, 0.3) is 0 Å². The van der Waals surface area contributed by atoms with Crippen LogP contribution in [0, 0.1) is 5.82 Å². The number of ether oxygens (including phenoxy) is 2. The molecular weight excluding hydrogens is 335 g/mol. The molecule has 0 spiro atoms. The predicted octanol–water partition coefficient (Wildman–Crippen LogP) is 2.86. The average Bonchev–Trinajstić information content (AvgIpc) is 3.10. The highest BCUT2D eigenvalue weighted by atomic mass is 19.1. The zero-order valence-corrected chi connectivity index (χ0v) is 14.8. The highest BCUT2D eigenvalue weighted by Gasteiger charge is 2.28. The Morgan fingerprint density at radius 1 is 1.27 bits per heavy atom. The standard InChI is InChI=1S/C20H23FN2O3/c1-25-19-11-14(12-23-10-4-7-17(23)20(22)24)8-9-18(19)26-13-15-5-2-3-6-16(15)21/h2-3,5-6,8-9,11,17H,4,7,10,12-13H2,1H3,(H2,22,24). The second-order valence-electron chi connectivity index (χ2n) is 6.40. The summed E-state index contributed by atoms with van der Waals surface area (Å²) in [6.07, 6.45) is 1.77. The molecule has 0 bridgehead atoms. The van der Waals surface area contributed by atoms with E-state index in [1.807, 2.05) is 18.2 Å². The molecule has 2 N–H and O–H groups in total. The number of halogens is 1. The van der Waals surface area contributed by atoms with Crippen LogP contribution in [-0.4, -0.2) is 30.5 Å². The topological polar surface area (TPSA) is 64.8 Å². The summed E-state index contributed by atoms with van der Waals surface area (Å²) >= 11 is 0. The lowest BCUT2D eigenvalue weighted by molar-refractivity contribution is -0.122. The number of likely N-dealkylation sites (tertiary alicyclic amines) is 1. The number of amides is 1. The molecule has 1 saturated heterocycles. The van der Waals surface area contributed by atoms with Crippen molar-refractivity contribution in [3.8, 4) is 11.5 Å². The van der Waals surface area contributed by atoms with Gasteiger partial charge in [0.25, 0.3) is 0 Å². The minimum Gasteiger partial charge on any atom is -0.493 e. The molecule has 5 nitrogen and oxygen atoms in total. The molecule has 1 amide bonds. The van der Waals surface area contributed by atoms with Crippen LogP contribution in [-0.2, 0) is 17.9 Å². The van der Waals surface area contributed by atoms with Gasteiger partial charge in [-0.05, 0) is 43.1 Å². The first-order chi connectivity index (χ1) is 12.6. The van der Waals surface area contributed by atoms with Crippen LogP contribution in [0.5, 0.6) is 11.5 Å². The molecule has 6 heteroatoms. The van der Waals surface area contributed by atoms with Gasteiger partial charge >= 0.3 is 0 Å². The molecule has 1 fully saturated rings. The predicted molar refractivity (Wildman–Crippen MR) is 96.4 cm³/mol. The smallest absolute Gasteiger partial charge is 0.234 e. The maximum absolute atomic E-state index is 13.7. The van der Waals surface area contributed by atoms with Crippen molar-refractivity contribution in [1.29, 1.82) is 0 Å². The van der Waals surface area contributed by atoms with E-state index in [2.05, 4.69) is 4.90 Å². The van der Waals surface area contributed by atoms with E-state index >= 15 is 0 Å². The van der Waals surface area contributed by atoms with Crippen molar-refractivity contribution in [3.05, 3.63) is 59.4 Å². The van der Waals surface area contributed by atoms with Gasteiger partial charge in [-0.2, -0.15) is 0 Å². The molecule has 0 radical (unpaired) electrons. The van der Waals surface area contributed by atoms with E-state index in [0.29, 0.717) is 23.6 Å². The molecule has 138 valence electrons. The van der Waals surface area contributed by atoms with Gasteiger partial charge in [-0.3, -0.25) is 9.69 Å². The molecule has 0 saturated carbocycles. The Labute approximate surface area is 152 Å². The van der Waals surface area contributed by atoms with E-state index in [1.54, 1.807) is 25.3 Å². The number of nitrogens with zero attached hydrogens (tertiary/aromatic N) is 1. The third kappa shape index (κ3) is 4.14. The minimum absolute atomic E-state index is 0.123. The SMILES string of the molecule is COc1cc(CN2CCCC2C(N)=O)ccc1OCc1ccccc1F. The maximum Gasteiger partial charge on any atom is 0.234 e. The van der Waals surface area contributed by atoms with Crippen molar-refractivity contribution >= 4 is 5.91 Å². The third-order valence-electron chi connectivity index (χ3n) is 4.65. The van der Waals surface area contributed by atoms with E-state index in [1.165, 1.54) is 6.07 Å². The zero-order valence-electron chi connectivity index (χ0n) is 14.8. The van der Waals surface area contributed by atoms with Gasteiger partial charge in [0.15, 0.2) is 11.5 Å². The fourth-order valence-corrected chi connectivity index (χ4v) is 3.27. The summed E-state index contributed by atoms with van der Waals surface area (Å²) in [5.74, 6) is 0.551. The van der Waals surface area contributed by atoms with E-state index in [-0.39, 0.29) is 24.4 Å². The Morgan fingerprint density at radius 2 is 2.08 bits per heavy atom. The Balaban J connectivity index is 1.69. The van der Waals surface area contributed by atoms with Crippen LogP contribution in [0.4, 0.5) is 4.39 Å². The van der Waals surface area contributed by atoms with Crippen molar-refractivity contribution in [2.45, 2.75) is 32.0 Å². The van der Waals surface area contributed by atoms with Crippen LogP contribution >= 0.6 is 0 Å². The fraction of sp³-hybridized carbons (Fsp3) is 0.350. The number of primary amides is 1. The highest BCUT2D eigenvalue weighted by molar-refractivity contribution is 5.80. The van der Waals surface area contributed by atoms with Gasteiger partial charge in [-0.25, -0.2) is 4.39 Å². The molecule has 1 aliphatic heterocycles. The van der Waals surface area contributed by atoms with Crippen LogP contribution in [0.1, 0.15) is 24.0 Å². The van der Waals surface area contributed by atoms with Crippen molar-refractivity contribution in [2.24, 2.45) is 5.73 Å². The molecular formula is C20H23FN2O3. The van der Waals surface area contributed by atoms with Crippen molar-refractivity contribution in [1.82, 2.24) is 4.90 Å². The normalized spacial score (nSPS) is 17.2. The number of rotatable bonds is 7. The van der Waals surface area contributed by atoms with Crippen molar-refractivity contribution in [2.75, 3.05) is 13.7 Å². The summed E-state index contributed by atoms with van der Waals surface area (Å²) in [6, 6.07) is 11.9. The summed E-state index contributed by atoms with van der Waals surface area (Å²) in [7, 11) is 1.57. The summed E-state index contributed by atoms with van der Waals surface area (Å²) in [5, 5.41) is 0. The number of carbonyl (C=O) groups is 1. The molecule has 3 rings (SSSR count). The zero-order chi connectivity index (χ0) is 18.5. The lowest BCUT2D eigenvalue weighted by atomic mass is 10.1. The number of nitrogens with two attached hydrogens (primary N) is 1. The number of benzene rings is 2. The fourth-order valence-electron chi connectivity index (χ4n) is 3.27. The number of hydrogen-bond acceptors (Lipinski definition) is 4. The van der Waals surface area contributed by atoms with E-state index in [4.69, 9.17) is 15.2 Å². The first-order valence-electron chi connectivity index (χ1n) is 8.65. The number of hydrogen-bond donors (Lipinski definition) is 1. The van der Waals surface area contributed by atoms with E-state index in [9.17, 15) is 9.18 Å².